The van der Waals surface area contributed by atoms with Crippen LogP contribution in [-0.4, -0.2) is 56.7 Å². The summed E-state index contributed by atoms with van der Waals surface area (Å²) in [4.78, 5) is 29.9. The van der Waals surface area contributed by atoms with Crippen LogP contribution in [0.3, 0.4) is 0 Å². The van der Waals surface area contributed by atoms with Crippen molar-refractivity contribution in [3.63, 3.8) is 0 Å². The minimum Gasteiger partial charge on any atom is -0.444 e. The fourth-order valence-corrected chi connectivity index (χ4v) is 5.53. The number of amides is 1. The maximum atomic E-state index is 15.9. The number of benzene rings is 2. The molecule has 8 heteroatoms. The Bertz CT molecular complexity index is 1510. The molecule has 0 saturated carbocycles. The zero-order valence-electron chi connectivity index (χ0n) is 20.8. The first-order valence-corrected chi connectivity index (χ1v) is 12.3. The summed E-state index contributed by atoms with van der Waals surface area (Å²) in [7, 11) is 0. The predicted octanol–water partition coefficient (Wildman–Crippen LogP) is 5.49. The van der Waals surface area contributed by atoms with Gasteiger partial charge in [-0.25, -0.2) is 19.2 Å². The molecule has 0 N–H and O–H groups in total. The summed E-state index contributed by atoms with van der Waals surface area (Å²) in [6.07, 6.45) is 3.60. The molecule has 2 aromatic carbocycles. The van der Waals surface area contributed by atoms with E-state index in [9.17, 15) is 4.79 Å². The lowest BCUT2D eigenvalue weighted by molar-refractivity contribution is 0.0193. The molecule has 0 radical (unpaired) electrons. The second-order valence-corrected chi connectivity index (χ2v) is 10.6. The van der Waals surface area contributed by atoms with Gasteiger partial charge >= 0.3 is 6.09 Å². The molecule has 4 aromatic rings. The van der Waals surface area contributed by atoms with Crippen molar-refractivity contribution in [3.05, 3.63) is 60.3 Å². The number of carbonyl (C=O) groups is 1. The SMILES string of the molecule is Cc1cccc2cccc(-c3ncc4c(N5C[C@@H]6[C@H]5CCN6C(=O)OC(C)(C)C)ncnc4c3F)c12. The van der Waals surface area contributed by atoms with Crippen LogP contribution in [0.4, 0.5) is 15.0 Å². The molecule has 0 aliphatic carbocycles. The highest BCUT2D eigenvalue weighted by atomic mass is 19.1. The third kappa shape index (κ3) is 3.54. The van der Waals surface area contributed by atoms with Gasteiger partial charge in [0.15, 0.2) is 5.82 Å². The fraction of sp³-hybridized carbons (Fsp3) is 0.357. The summed E-state index contributed by atoms with van der Waals surface area (Å²) in [5, 5.41) is 2.60. The molecule has 2 fully saturated rings. The van der Waals surface area contributed by atoms with Gasteiger partial charge in [-0.2, -0.15) is 0 Å². The van der Waals surface area contributed by atoms with Gasteiger partial charge in [0.05, 0.1) is 17.5 Å². The molecule has 2 aliphatic heterocycles. The van der Waals surface area contributed by atoms with Crippen molar-refractivity contribution in [2.75, 3.05) is 18.0 Å². The van der Waals surface area contributed by atoms with E-state index in [-0.39, 0.29) is 29.4 Å². The van der Waals surface area contributed by atoms with Gasteiger partial charge in [0.2, 0.25) is 0 Å². The highest BCUT2D eigenvalue weighted by Gasteiger charge is 2.50. The first-order valence-electron chi connectivity index (χ1n) is 12.3. The number of hydrogen-bond acceptors (Lipinski definition) is 6. The van der Waals surface area contributed by atoms with Crippen molar-refractivity contribution in [1.82, 2.24) is 19.9 Å². The van der Waals surface area contributed by atoms with Gasteiger partial charge in [-0.1, -0.05) is 36.4 Å². The zero-order valence-corrected chi connectivity index (χ0v) is 20.8. The average Bonchev–Trinajstić information content (AvgIpc) is 3.15. The van der Waals surface area contributed by atoms with Gasteiger partial charge < -0.3 is 14.5 Å². The molecule has 7 nitrogen and oxygen atoms in total. The van der Waals surface area contributed by atoms with Gasteiger partial charge in [0, 0.05) is 24.8 Å². The molecule has 0 bridgehead atoms. The Morgan fingerprint density at radius 1 is 1.08 bits per heavy atom. The van der Waals surface area contributed by atoms with E-state index in [4.69, 9.17) is 4.74 Å². The summed E-state index contributed by atoms with van der Waals surface area (Å²) < 4.78 is 21.5. The van der Waals surface area contributed by atoms with Crippen molar-refractivity contribution < 1.29 is 13.9 Å². The smallest absolute Gasteiger partial charge is 0.410 e. The van der Waals surface area contributed by atoms with Crippen LogP contribution in [0.2, 0.25) is 0 Å². The van der Waals surface area contributed by atoms with Gasteiger partial charge in [-0.05, 0) is 50.5 Å². The molecule has 6 rings (SSSR count). The molecular weight excluding hydrogens is 457 g/mol. The van der Waals surface area contributed by atoms with Crippen LogP contribution in [0.15, 0.2) is 48.9 Å². The molecule has 36 heavy (non-hydrogen) atoms. The summed E-state index contributed by atoms with van der Waals surface area (Å²) in [5.41, 5.74) is 1.81. The maximum Gasteiger partial charge on any atom is 0.410 e. The molecule has 2 saturated heterocycles. The largest absolute Gasteiger partial charge is 0.444 e. The Balaban J connectivity index is 1.35. The van der Waals surface area contributed by atoms with E-state index in [1.165, 1.54) is 6.33 Å². The van der Waals surface area contributed by atoms with Crippen LogP contribution in [-0.2, 0) is 4.74 Å². The number of anilines is 1. The summed E-state index contributed by atoms with van der Waals surface area (Å²) in [6, 6.07) is 12.1. The molecule has 2 aromatic heterocycles. The number of aryl methyl sites for hydroxylation is 1. The summed E-state index contributed by atoms with van der Waals surface area (Å²) in [5.74, 6) is 0.199. The van der Waals surface area contributed by atoms with E-state index < -0.39 is 11.4 Å². The number of halogens is 1. The lowest BCUT2D eigenvalue weighted by Gasteiger charge is -2.47. The summed E-state index contributed by atoms with van der Waals surface area (Å²) in [6.45, 7) is 8.87. The van der Waals surface area contributed by atoms with Crippen molar-refractivity contribution in [2.45, 2.75) is 51.8 Å². The number of ether oxygens (including phenoxy) is 1. The highest BCUT2D eigenvalue weighted by molar-refractivity contribution is 6.00. The minimum absolute atomic E-state index is 0.0561. The number of nitrogens with zero attached hydrogens (tertiary/aromatic N) is 5. The van der Waals surface area contributed by atoms with Gasteiger partial charge in [-0.15, -0.1) is 0 Å². The van der Waals surface area contributed by atoms with Crippen LogP contribution in [0.1, 0.15) is 32.8 Å². The molecular formula is C28H28FN5O2. The predicted molar refractivity (Wildman–Crippen MR) is 137 cm³/mol. The van der Waals surface area contributed by atoms with E-state index in [1.807, 2.05) is 64.1 Å². The first kappa shape index (κ1) is 22.6. The monoisotopic (exact) mass is 485 g/mol. The average molecular weight is 486 g/mol. The quantitative estimate of drug-likeness (QED) is 0.374. The van der Waals surface area contributed by atoms with E-state index in [0.29, 0.717) is 24.3 Å². The van der Waals surface area contributed by atoms with Crippen LogP contribution in [0.5, 0.6) is 0 Å². The molecule has 2 atom stereocenters. The van der Waals surface area contributed by atoms with Crippen LogP contribution >= 0.6 is 0 Å². The number of hydrogen-bond donors (Lipinski definition) is 0. The normalized spacial score (nSPS) is 19.5. The molecule has 2 aliphatic rings. The van der Waals surface area contributed by atoms with E-state index in [0.717, 1.165) is 28.3 Å². The zero-order chi connectivity index (χ0) is 25.2. The lowest BCUT2D eigenvalue weighted by Crippen LogP contribution is -2.63. The van der Waals surface area contributed by atoms with Gasteiger partial charge in [-0.3, -0.25) is 4.98 Å². The number of rotatable bonds is 2. The Morgan fingerprint density at radius 2 is 1.86 bits per heavy atom. The Morgan fingerprint density at radius 3 is 2.64 bits per heavy atom. The van der Waals surface area contributed by atoms with Gasteiger partial charge in [0.25, 0.3) is 0 Å². The number of likely N-dealkylation sites (tertiary alicyclic amines) is 1. The Labute approximate surface area is 208 Å². The summed E-state index contributed by atoms with van der Waals surface area (Å²) >= 11 is 0. The van der Waals surface area contributed by atoms with Crippen LogP contribution in [0.25, 0.3) is 32.9 Å². The van der Waals surface area contributed by atoms with Crippen LogP contribution < -0.4 is 4.90 Å². The molecule has 0 unspecified atom stereocenters. The maximum absolute atomic E-state index is 15.9. The first-order chi connectivity index (χ1) is 17.2. The van der Waals surface area contributed by atoms with E-state index >= 15 is 4.39 Å². The molecule has 184 valence electrons. The van der Waals surface area contributed by atoms with E-state index in [1.54, 1.807) is 11.1 Å². The minimum atomic E-state index is -0.537. The Kier molecular flexibility index (Phi) is 5.10. The fourth-order valence-electron chi connectivity index (χ4n) is 5.53. The van der Waals surface area contributed by atoms with Crippen molar-refractivity contribution >= 4 is 33.6 Å². The number of aromatic nitrogens is 3. The number of pyridine rings is 1. The van der Waals surface area contributed by atoms with Crippen molar-refractivity contribution in [2.24, 2.45) is 0 Å². The topological polar surface area (TPSA) is 71.5 Å². The van der Waals surface area contributed by atoms with Crippen molar-refractivity contribution in [1.29, 1.82) is 0 Å². The molecule has 1 amide bonds. The van der Waals surface area contributed by atoms with Crippen molar-refractivity contribution in [3.8, 4) is 11.3 Å². The molecule has 4 heterocycles. The third-order valence-corrected chi connectivity index (χ3v) is 7.16. The molecule has 0 spiro atoms. The number of carbonyl (C=O) groups excluding carboxylic acids is 1. The van der Waals surface area contributed by atoms with E-state index in [2.05, 4.69) is 19.9 Å². The standard InChI is InChI=1S/C28H28FN5O2/c1-16-7-5-8-17-9-6-10-18(22(16)17)24-23(29)25-19(13-30-24)26(32-15-31-25)34-14-21-20(34)11-12-33(21)27(35)36-28(2,3)4/h5-10,13,15,20-21H,11-12,14H2,1-4H3/t20-,21-/m1/s1. The lowest BCUT2D eigenvalue weighted by atomic mass is 9.96. The highest BCUT2D eigenvalue weighted by Crippen LogP contribution is 2.40. The third-order valence-electron chi connectivity index (χ3n) is 7.16. The van der Waals surface area contributed by atoms with Crippen LogP contribution in [0, 0.1) is 12.7 Å². The van der Waals surface area contributed by atoms with Gasteiger partial charge in [0.1, 0.15) is 29.0 Å². The Hall–Kier alpha value is -3.81. The second kappa shape index (κ2) is 8.11. The number of fused-ring (bicyclic) bond motifs is 3. The second-order valence-electron chi connectivity index (χ2n) is 10.6.